The summed E-state index contributed by atoms with van der Waals surface area (Å²) in [5.41, 5.74) is 0.943. The summed E-state index contributed by atoms with van der Waals surface area (Å²) in [7, 11) is 1.67. The lowest BCUT2D eigenvalue weighted by Gasteiger charge is -2.13. The summed E-state index contributed by atoms with van der Waals surface area (Å²) in [5.74, 6) is -0.478. The van der Waals surface area contributed by atoms with E-state index in [0.717, 1.165) is 0 Å². The van der Waals surface area contributed by atoms with Crippen LogP contribution >= 0.6 is 12.2 Å². The van der Waals surface area contributed by atoms with Gasteiger partial charge in [0.2, 0.25) is 0 Å². The molecule has 1 aromatic carbocycles. The zero-order valence-corrected chi connectivity index (χ0v) is 11.3. The van der Waals surface area contributed by atoms with Crippen molar-refractivity contribution in [1.29, 1.82) is 0 Å². The Morgan fingerprint density at radius 2 is 1.84 bits per heavy atom. The van der Waals surface area contributed by atoms with Crippen LogP contribution in [0.4, 0.5) is 0 Å². The number of nitrogens with one attached hydrogen (secondary N) is 1. The Labute approximate surface area is 116 Å². The van der Waals surface area contributed by atoms with Crippen LogP contribution in [0.1, 0.15) is 27.1 Å². The molecular weight excluding hydrogens is 264 g/mol. The number of carbonyl (C=O) groups excluding carboxylic acids is 2. The van der Waals surface area contributed by atoms with Crippen molar-refractivity contribution in [3.05, 3.63) is 35.4 Å². The van der Waals surface area contributed by atoms with E-state index in [1.807, 2.05) is 0 Å². The second kappa shape index (κ2) is 5.79. The third-order valence-electron chi connectivity index (χ3n) is 2.84. The fraction of sp³-hybridized carbons (Fsp3) is 0.308. The molecule has 0 aromatic heterocycles. The van der Waals surface area contributed by atoms with Crippen LogP contribution in [-0.2, 0) is 4.74 Å². The van der Waals surface area contributed by atoms with Crippen LogP contribution in [0.2, 0.25) is 0 Å². The molecule has 0 saturated carbocycles. The number of fused-ring (bicyclic) bond motifs is 1. The van der Waals surface area contributed by atoms with E-state index in [9.17, 15) is 9.59 Å². The van der Waals surface area contributed by atoms with Gasteiger partial charge in [0.1, 0.15) is 0 Å². The van der Waals surface area contributed by atoms with Crippen molar-refractivity contribution in [2.45, 2.75) is 6.42 Å². The molecule has 2 rings (SSSR count). The van der Waals surface area contributed by atoms with Gasteiger partial charge in [0.15, 0.2) is 0 Å². The number of thiocarbonyl (C=S) groups is 1. The summed E-state index contributed by atoms with van der Waals surface area (Å²) < 4.78 is 5.17. The molecule has 2 amide bonds. The molecule has 0 radical (unpaired) electrons. The van der Waals surface area contributed by atoms with Gasteiger partial charge in [0.25, 0.3) is 17.0 Å². The number of ether oxygens (including phenoxy) is 1. The number of carbonyl (C=O) groups is 2. The molecule has 1 aromatic rings. The lowest BCUT2D eigenvalue weighted by Crippen LogP contribution is -2.31. The van der Waals surface area contributed by atoms with Gasteiger partial charge in [-0.1, -0.05) is 12.1 Å². The minimum Gasteiger partial charge on any atom is -0.471 e. The Morgan fingerprint density at radius 3 is 2.37 bits per heavy atom. The first-order valence-electron chi connectivity index (χ1n) is 5.95. The number of hydrogen-bond acceptors (Lipinski definition) is 4. The highest BCUT2D eigenvalue weighted by Crippen LogP contribution is 2.22. The van der Waals surface area contributed by atoms with Crippen molar-refractivity contribution in [2.75, 3.05) is 20.2 Å². The summed E-state index contributed by atoms with van der Waals surface area (Å²) >= 11 is 4.83. The summed E-state index contributed by atoms with van der Waals surface area (Å²) in [6.07, 6.45) is 0.549. The van der Waals surface area contributed by atoms with Gasteiger partial charge in [-0.2, -0.15) is 0 Å². The van der Waals surface area contributed by atoms with Gasteiger partial charge in [-0.3, -0.25) is 14.5 Å². The number of nitrogens with zero attached hydrogens (tertiary/aromatic N) is 1. The molecule has 0 spiro atoms. The van der Waals surface area contributed by atoms with Gasteiger partial charge in [-0.25, -0.2) is 0 Å². The second-order valence-corrected chi connectivity index (χ2v) is 4.42. The average molecular weight is 278 g/mol. The van der Waals surface area contributed by atoms with Gasteiger partial charge in [0, 0.05) is 13.6 Å². The average Bonchev–Trinajstić information content (AvgIpc) is 2.68. The number of imide groups is 1. The minimum absolute atomic E-state index is 0.239. The molecule has 0 atom stereocenters. The maximum Gasteiger partial charge on any atom is 0.261 e. The number of benzene rings is 1. The van der Waals surface area contributed by atoms with Gasteiger partial charge in [-0.15, -0.1) is 0 Å². The standard InChI is InChI=1S/C13H14N2O3S/c1-14-13(19)18-8-4-7-15-11(16)9-5-2-3-6-10(9)12(15)17/h2-3,5-6H,4,7-8H2,1H3,(H,14,19). The van der Waals surface area contributed by atoms with E-state index in [0.29, 0.717) is 35.9 Å². The van der Waals surface area contributed by atoms with E-state index in [1.54, 1.807) is 31.3 Å². The highest BCUT2D eigenvalue weighted by atomic mass is 32.1. The molecule has 0 fully saturated rings. The fourth-order valence-electron chi connectivity index (χ4n) is 1.90. The number of rotatable bonds is 4. The lowest BCUT2D eigenvalue weighted by atomic mass is 10.1. The fourth-order valence-corrected chi connectivity index (χ4v) is 1.99. The molecular formula is C13H14N2O3S. The third-order valence-corrected chi connectivity index (χ3v) is 3.16. The van der Waals surface area contributed by atoms with Crippen LogP contribution in [0.25, 0.3) is 0 Å². The maximum absolute atomic E-state index is 12.0. The highest BCUT2D eigenvalue weighted by Gasteiger charge is 2.34. The van der Waals surface area contributed by atoms with Gasteiger partial charge >= 0.3 is 0 Å². The molecule has 5 nitrogen and oxygen atoms in total. The van der Waals surface area contributed by atoms with E-state index in [1.165, 1.54) is 4.90 Å². The van der Waals surface area contributed by atoms with Crippen LogP contribution in [0.3, 0.4) is 0 Å². The van der Waals surface area contributed by atoms with Gasteiger partial charge in [0.05, 0.1) is 17.7 Å². The van der Waals surface area contributed by atoms with Crippen LogP contribution in [0.15, 0.2) is 24.3 Å². The van der Waals surface area contributed by atoms with Crippen molar-refractivity contribution < 1.29 is 14.3 Å². The summed E-state index contributed by atoms with van der Waals surface area (Å²) in [6, 6.07) is 6.84. The molecule has 0 aliphatic carbocycles. The highest BCUT2D eigenvalue weighted by molar-refractivity contribution is 7.80. The molecule has 1 heterocycles. The molecule has 6 heteroatoms. The Bertz CT molecular complexity index is 495. The van der Waals surface area contributed by atoms with Crippen molar-refractivity contribution in [3.8, 4) is 0 Å². The number of hydrogen-bond donors (Lipinski definition) is 1. The molecule has 19 heavy (non-hydrogen) atoms. The number of amides is 2. The molecule has 1 N–H and O–H groups in total. The minimum atomic E-state index is -0.239. The molecule has 100 valence electrons. The largest absolute Gasteiger partial charge is 0.471 e. The Balaban J connectivity index is 1.92. The third kappa shape index (κ3) is 2.73. The molecule has 0 bridgehead atoms. The quantitative estimate of drug-likeness (QED) is 0.509. The second-order valence-electron chi connectivity index (χ2n) is 4.05. The summed E-state index contributed by atoms with van der Waals surface area (Å²) in [6.45, 7) is 0.700. The normalized spacial score (nSPS) is 13.4. The Morgan fingerprint density at radius 1 is 1.26 bits per heavy atom. The molecule has 0 unspecified atom stereocenters. The van der Waals surface area contributed by atoms with E-state index in [-0.39, 0.29) is 11.8 Å². The van der Waals surface area contributed by atoms with Crippen molar-refractivity contribution in [3.63, 3.8) is 0 Å². The van der Waals surface area contributed by atoms with Crippen molar-refractivity contribution in [1.82, 2.24) is 10.2 Å². The van der Waals surface area contributed by atoms with Crippen LogP contribution in [-0.4, -0.2) is 42.1 Å². The SMILES string of the molecule is CNC(=S)OCCCN1C(=O)c2ccccc2C1=O. The molecule has 1 aliphatic heterocycles. The lowest BCUT2D eigenvalue weighted by molar-refractivity contribution is 0.0646. The monoisotopic (exact) mass is 278 g/mol. The Kier molecular flexibility index (Phi) is 4.11. The van der Waals surface area contributed by atoms with Gasteiger partial charge < -0.3 is 10.1 Å². The first kappa shape index (κ1) is 13.5. The zero-order chi connectivity index (χ0) is 13.8. The zero-order valence-electron chi connectivity index (χ0n) is 10.5. The van der Waals surface area contributed by atoms with Crippen LogP contribution in [0.5, 0.6) is 0 Å². The van der Waals surface area contributed by atoms with E-state index >= 15 is 0 Å². The van der Waals surface area contributed by atoms with Crippen LogP contribution < -0.4 is 5.32 Å². The molecule has 0 saturated heterocycles. The van der Waals surface area contributed by atoms with E-state index in [2.05, 4.69) is 5.32 Å². The van der Waals surface area contributed by atoms with Crippen LogP contribution in [0, 0.1) is 0 Å². The Hall–Kier alpha value is -1.95. The summed E-state index contributed by atoms with van der Waals surface area (Å²) in [4.78, 5) is 25.3. The summed E-state index contributed by atoms with van der Waals surface area (Å²) in [5, 5.41) is 2.99. The topological polar surface area (TPSA) is 58.6 Å². The first-order valence-corrected chi connectivity index (χ1v) is 6.35. The van der Waals surface area contributed by atoms with E-state index in [4.69, 9.17) is 17.0 Å². The first-order chi connectivity index (χ1) is 9.15. The van der Waals surface area contributed by atoms with Gasteiger partial charge in [-0.05, 0) is 30.8 Å². The van der Waals surface area contributed by atoms with Crippen molar-refractivity contribution in [2.24, 2.45) is 0 Å². The smallest absolute Gasteiger partial charge is 0.261 e. The predicted octanol–water partition coefficient (Wildman–Crippen LogP) is 1.19. The maximum atomic E-state index is 12.0. The molecule has 1 aliphatic rings. The van der Waals surface area contributed by atoms with E-state index < -0.39 is 0 Å². The predicted molar refractivity (Wildman–Crippen MR) is 74.0 cm³/mol. The van der Waals surface area contributed by atoms with Crippen molar-refractivity contribution >= 4 is 29.2 Å².